The number of pyridine rings is 1. The molecule has 1 aliphatic heterocycles. The molecule has 0 aliphatic carbocycles. The van der Waals surface area contributed by atoms with Gasteiger partial charge in [-0.05, 0) is 48.9 Å². The number of hydrogen-bond donors (Lipinski definition) is 1. The van der Waals surface area contributed by atoms with Crippen molar-refractivity contribution < 1.29 is 18.7 Å². The Labute approximate surface area is 203 Å². The van der Waals surface area contributed by atoms with E-state index in [2.05, 4.69) is 15.2 Å². The van der Waals surface area contributed by atoms with Gasteiger partial charge in [0.2, 0.25) is 5.76 Å². The van der Waals surface area contributed by atoms with Crippen molar-refractivity contribution in [2.75, 3.05) is 43.0 Å². The standard InChI is InChI=1S/C27H26N4O4/c1-19-7-6-8-20(17-19)34-18-24(32)29-25-21-9-2-3-10-22(21)35-26(25)27(33)31-15-13-30(14-16-31)23-11-4-5-12-28-23/h2-12,17H,13-16,18H2,1H3,(H,29,32). The van der Waals surface area contributed by atoms with Crippen LogP contribution in [0.4, 0.5) is 11.5 Å². The van der Waals surface area contributed by atoms with Gasteiger partial charge in [-0.3, -0.25) is 9.59 Å². The zero-order valence-corrected chi connectivity index (χ0v) is 19.4. The fourth-order valence-electron chi connectivity index (χ4n) is 4.17. The fraction of sp³-hybridized carbons (Fsp3) is 0.222. The van der Waals surface area contributed by atoms with Crippen LogP contribution in [0.2, 0.25) is 0 Å². The van der Waals surface area contributed by atoms with Gasteiger partial charge in [0, 0.05) is 37.8 Å². The maximum atomic E-state index is 13.4. The quantitative estimate of drug-likeness (QED) is 0.456. The van der Waals surface area contributed by atoms with Crippen LogP contribution in [0.3, 0.4) is 0 Å². The summed E-state index contributed by atoms with van der Waals surface area (Å²) in [6.07, 6.45) is 1.76. The molecule has 3 heterocycles. The van der Waals surface area contributed by atoms with E-state index in [-0.39, 0.29) is 24.2 Å². The van der Waals surface area contributed by atoms with Crippen LogP contribution < -0.4 is 15.0 Å². The van der Waals surface area contributed by atoms with Crippen molar-refractivity contribution in [1.82, 2.24) is 9.88 Å². The van der Waals surface area contributed by atoms with Gasteiger partial charge in [-0.1, -0.05) is 30.3 Å². The summed E-state index contributed by atoms with van der Waals surface area (Å²) in [5.41, 5.74) is 1.95. The predicted octanol–water partition coefficient (Wildman–Crippen LogP) is 4.12. The Hall–Kier alpha value is -4.33. The molecule has 2 aromatic carbocycles. The number of carbonyl (C=O) groups excluding carboxylic acids is 2. The number of piperazine rings is 1. The number of carbonyl (C=O) groups is 2. The number of amides is 2. The van der Waals surface area contributed by atoms with Gasteiger partial charge in [-0.25, -0.2) is 4.98 Å². The first kappa shape index (κ1) is 22.5. The lowest BCUT2D eigenvalue weighted by Gasteiger charge is -2.35. The van der Waals surface area contributed by atoms with Crippen LogP contribution in [0.15, 0.2) is 77.3 Å². The molecule has 1 aliphatic rings. The largest absolute Gasteiger partial charge is 0.484 e. The first-order valence-corrected chi connectivity index (χ1v) is 11.5. The Morgan fingerprint density at radius 3 is 2.57 bits per heavy atom. The Morgan fingerprint density at radius 1 is 1.00 bits per heavy atom. The van der Waals surface area contributed by atoms with E-state index in [9.17, 15) is 9.59 Å². The van der Waals surface area contributed by atoms with Gasteiger partial charge in [-0.2, -0.15) is 0 Å². The number of aryl methyl sites for hydroxylation is 1. The molecular weight excluding hydrogens is 444 g/mol. The summed E-state index contributed by atoms with van der Waals surface area (Å²) in [6, 6.07) is 20.6. The molecule has 178 valence electrons. The molecular formula is C27H26N4O4. The molecule has 0 bridgehead atoms. The number of nitrogens with zero attached hydrogens (tertiary/aromatic N) is 3. The average Bonchev–Trinajstić information content (AvgIpc) is 3.26. The van der Waals surface area contributed by atoms with Crippen molar-refractivity contribution in [2.45, 2.75) is 6.92 Å². The molecule has 2 amide bonds. The van der Waals surface area contributed by atoms with Crippen LogP contribution in [-0.4, -0.2) is 54.5 Å². The monoisotopic (exact) mass is 470 g/mol. The number of rotatable bonds is 6. The topological polar surface area (TPSA) is 87.9 Å². The fourth-order valence-corrected chi connectivity index (χ4v) is 4.17. The SMILES string of the molecule is Cc1cccc(OCC(=O)Nc2c(C(=O)N3CCN(c4ccccn4)CC3)oc3ccccc23)c1. The van der Waals surface area contributed by atoms with Crippen molar-refractivity contribution in [1.29, 1.82) is 0 Å². The van der Waals surface area contributed by atoms with E-state index in [1.165, 1.54) is 0 Å². The lowest BCUT2D eigenvalue weighted by atomic mass is 10.2. The maximum Gasteiger partial charge on any atom is 0.291 e. The minimum Gasteiger partial charge on any atom is -0.484 e. The summed E-state index contributed by atoms with van der Waals surface area (Å²) < 4.78 is 11.6. The first-order valence-electron chi connectivity index (χ1n) is 11.5. The van der Waals surface area contributed by atoms with E-state index >= 15 is 0 Å². The highest BCUT2D eigenvalue weighted by atomic mass is 16.5. The highest BCUT2D eigenvalue weighted by Crippen LogP contribution is 2.32. The Kier molecular flexibility index (Phi) is 6.34. The number of benzene rings is 2. The number of anilines is 2. The molecule has 35 heavy (non-hydrogen) atoms. The number of nitrogens with one attached hydrogen (secondary N) is 1. The third kappa shape index (κ3) is 4.96. The molecule has 0 saturated carbocycles. The van der Waals surface area contributed by atoms with Gasteiger partial charge in [0.1, 0.15) is 22.8 Å². The number of para-hydroxylation sites is 1. The minimum atomic E-state index is -0.368. The Balaban J connectivity index is 1.31. The van der Waals surface area contributed by atoms with Crippen LogP contribution in [0.1, 0.15) is 16.1 Å². The van der Waals surface area contributed by atoms with E-state index in [0.717, 1.165) is 11.4 Å². The number of fused-ring (bicyclic) bond motifs is 1. The second-order valence-corrected chi connectivity index (χ2v) is 8.42. The van der Waals surface area contributed by atoms with Crippen LogP contribution >= 0.6 is 0 Å². The van der Waals surface area contributed by atoms with Crippen molar-refractivity contribution >= 4 is 34.3 Å². The smallest absolute Gasteiger partial charge is 0.291 e. The summed E-state index contributed by atoms with van der Waals surface area (Å²) >= 11 is 0. The molecule has 4 aromatic rings. The van der Waals surface area contributed by atoms with Gasteiger partial charge >= 0.3 is 0 Å². The zero-order valence-electron chi connectivity index (χ0n) is 19.4. The van der Waals surface area contributed by atoms with Gasteiger partial charge in [-0.15, -0.1) is 0 Å². The van der Waals surface area contributed by atoms with Crippen LogP contribution in [0.5, 0.6) is 5.75 Å². The van der Waals surface area contributed by atoms with Crippen LogP contribution in [0.25, 0.3) is 11.0 Å². The van der Waals surface area contributed by atoms with Crippen LogP contribution in [0, 0.1) is 6.92 Å². The average molecular weight is 471 g/mol. The molecule has 5 rings (SSSR count). The Bertz CT molecular complexity index is 1340. The molecule has 1 N–H and O–H groups in total. The second kappa shape index (κ2) is 9.89. The summed E-state index contributed by atoms with van der Waals surface area (Å²) in [6.45, 7) is 4.15. The lowest BCUT2D eigenvalue weighted by Crippen LogP contribution is -2.49. The predicted molar refractivity (Wildman–Crippen MR) is 134 cm³/mol. The van der Waals surface area contributed by atoms with E-state index < -0.39 is 0 Å². The molecule has 0 unspecified atom stereocenters. The molecule has 1 saturated heterocycles. The van der Waals surface area contributed by atoms with Crippen molar-refractivity contribution in [2.24, 2.45) is 0 Å². The number of hydrogen-bond acceptors (Lipinski definition) is 6. The molecule has 0 spiro atoms. The van der Waals surface area contributed by atoms with E-state index in [1.807, 2.05) is 61.5 Å². The number of aromatic nitrogens is 1. The van der Waals surface area contributed by atoms with Gasteiger partial charge in [0.25, 0.3) is 11.8 Å². The molecule has 0 atom stereocenters. The number of ether oxygens (including phenoxy) is 1. The summed E-state index contributed by atoms with van der Waals surface area (Å²) in [5.74, 6) is 1.01. The summed E-state index contributed by atoms with van der Waals surface area (Å²) in [7, 11) is 0. The zero-order chi connectivity index (χ0) is 24.2. The van der Waals surface area contributed by atoms with Crippen molar-refractivity contribution in [3.05, 3.63) is 84.3 Å². The molecule has 8 heteroatoms. The van der Waals surface area contributed by atoms with Crippen molar-refractivity contribution in [3.8, 4) is 5.75 Å². The van der Waals surface area contributed by atoms with Gasteiger partial charge in [0.15, 0.2) is 6.61 Å². The normalized spacial score (nSPS) is 13.6. The summed E-state index contributed by atoms with van der Waals surface area (Å²) in [4.78, 5) is 34.5. The lowest BCUT2D eigenvalue weighted by molar-refractivity contribution is -0.118. The van der Waals surface area contributed by atoms with E-state index in [4.69, 9.17) is 9.15 Å². The molecule has 8 nitrogen and oxygen atoms in total. The Morgan fingerprint density at radius 2 is 1.80 bits per heavy atom. The minimum absolute atomic E-state index is 0.126. The summed E-state index contributed by atoms with van der Waals surface area (Å²) in [5, 5.41) is 3.52. The second-order valence-electron chi connectivity index (χ2n) is 8.42. The molecule has 0 radical (unpaired) electrons. The third-order valence-corrected chi connectivity index (χ3v) is 5.95. The van der Waals surface area contributed by atoms with Crippen LogP contribution in [-0.2, 0) is 4.79 Å². The van der Waals surface area contributed by atoms with Crippen molar-refractivity contribution in [3.63, 3.8) is 0 Å². The highest BCUT2D eigenvalue weighted by Gasteiger charge is 2.29. The third-order valence-electron chi connectivity index (χ3n) is 5.95. The van der Waals surface area contributed by atoms with Gasteiger partial charge in [0.05, 0.1) is 0 Å². The number of furan rings is 1. The first-order chi connectivity index (χ1) is 17.1. The maximum absolute atomic E-state index is 13.4. The van der Waals surface area contributed by atoms with Gasteiger partial charge < -0.3 is 24.3 Å². The molecule has 1 fully saturated rings. The van der Waals surface area contributed by atoms with E-state index in [1.54, 1.807) is 23.2 Å². The highest BCUT2D eigenvalue weighted by molar-refractivity contribution is 6.11. The molecule has 2 aromatic heterocycles. The van der Waals surface area contributed by atoms with E-state index in [0.29, 0.717) is 48.6 Å².